The quantitative estimate of drug-likeness (QED) is 0.797. The predicted octanol–water partition coefficient (Wildman–Crippen LogP) is 2.63. The summed E-state index contributed by atoms with van der Waals surface area (Å²) in [5.74, 6) is 0. The second-order valence-electron chi connectivity index (χ2n) is 5.04. The van der Waals surface area contributed by atoms with Crippen LogP contribution >= 0.6 is 0 Å². The number of rotatable bonds is 5. The van der Waals surface area contributed by atoms with E-state index < -0.39 is 0 Å². The van der Waals surface area contributed by atoms with Crippen molar-refractivity contribution in [1.82, 2.24) is 10.2 Å². The SMILES string of the molecule is CC1CCCCCN1CCNCc1ccoc1. The maximum atomic E-state index is 5.04. The zero-order valence-corrected chi connectivity index (χ0v) is 10.8. The number of hydrogen-bond donors (Lipinski definition) is 1. The van der Waals surface area contributed by atoms with E-state index in [1.54, 1.807) is 6.26 Å². The van der Waals surface area contributed by atoms with Gasteiger partial charge in [-0.25, -0.2) is 0 Å². The molecule has 96 valence electrons. The minimum Gasteiger partial charge on any atom is -0.472 e. The van der Waals surface area contributed by atoms with Gasteiger partial charge < -0.3 is 9.73 Å². The summed E-state index contributed by atoms with van der Waals surface area (Å²) in [4.78, 5) is 2.62. The number of nitrogens with one attached hydrogen (secondary N) is 1. The van der Waals surface area contributed by atoms with Gasteiger partial charge in [0.2, 0.25) is 0 Å². The normalized spacial score (nSPS) is 22.5. The number of likely N-dealkylation sites (tertiary alicyclic amines) is 1. The standard InChI is InChI=1S/C14H24N2O/c1-13-5-3-2-4-8-16(13)9-7-15-11-14-6-10-17-12-14/h6,10,12-13,15H,2-5,7-9,11H2,1H3. The average Bonchev–Trinajstić information content (AvgIpc) is 2.76. The molecule has 0 spiro atoms. The largest absolute Gasteiger partial charge is 0.472 e. The van der Waals surface area contributed by atoms with E-state index in [0.29, 0.717) is 0 Å². The van der Waals surface area contributed by atoms with Crippen LogP contribution in [-0.4, -0.2) is 30.6 Å². The molecule has 17 heavy (non-hydrogen) atoms. The molecule has 1 aliphatic rings. The average molecular weight is 236 g/mol. The Balaban J connectivity index is 1.63. The van der Waals surface area contributed by atoms with Gasteiger partial charge in [-0.3, -0.25) is 4.90 Å². The lowest BCUT2D eigenvalue weighted by atomic mass is 10.1. The van der Waals surface area contributed by atoms with Crippen LogP contribution in [0.3, 0.4) is 0 Å². The van der Waals surface area contributed by atoms with Gasteiger partial charge in [0.25, 0.3) is 0 Å². The molecular formula is C14H24N2O. The van der Waals surface area contributed by atoms with E-state index in [0.717, 1.165) is 19.1 Å². The zero-order valence-electron chi connectivity index (χ0n) is 10.8. The molecule has 1 atom stereocenters. The third-order valence-electron chi connectivity index (χ3n) is 3.68. The fraction of sp³-hybridized carbons (Fsp3) is 0.714. The van der Waals surface area contributed by atoms with Crippen LogP contribution in [-0.2, 0) is 6.54 Å². The van der Waals surface area contributed by atoms with Crippen molar-refractivity contribution in [2.45, 2.75) is 45.2 Å². The Labute approximate surface area is 104 Å². The van der Waals surface area contributed by atoms with Gasteiger partial charge in [-0.1, -0.05) is 12.8 Å². The van der Waals surface area contributed by atoms with Crippen molar-refractivity contribution >= 4 is 0 Å². The van der Waals surface area contributed by atoms with Crippen molar-refractivity contribution in [3.8, 4) is 0 Å². The summed E-state index contributed by atoms with van der Waals surface area (Å²) in [6.45, 7) is 6.78. The third-order valence-corrected chi connectivity index (χ3v) is 3.68. The second-order valence-corrected chi connectivity index (χ2v) is 5.04. The molecule has 0 saturated carbocycles. The Hall–Kier alpha value is -0.800. The molecule has 1 aliphatic heterocycles. The molecule has 3 nitrogen and oxygen atoms in total. The molecular weight excluding hydrogens is 212 g/mol. The van der Waals surface area contributed by atoms with Crippen molar-refractivity contribution in [1.29, 1.82) is 0 Å². The summed E-state index contributed by atoms with van der Waals surface area (Å²) in [6.07, 6.45) is 9.08. The first-order chi connectivity index (χ1) is 8.36. The van der Waals surface area contributed by atoms with Crippen molar-refractivity contribution < 1.29 is 4.42 Å². The first-order valence-electron chi connectivity index (χ1n) is 6.82. The molecule has 0 radical (unpaired) electrons. The van der Waals surface area contributed by atoms with E-state index in [9.17, 15) is 0 Å². The highest BCUT2D eigenvalue weighted by atomic mass is 16.3. The summed E-state index contributed by atoms with van der Waals surface area (Å²) < 4.78 is 5.04. The summed E-state index contributed by atoms with van der Waals surface area (Å²) in [7, 11) is 0. The van der Waals surface area contributed by atoms with Crippen LogP contribution in [0.4, 0.5) is 0 Å². The molecule has 1 aromatic rings. The van der Waals surface area contributed by atoms with Crippen LogP contribution in [0.2, 0.25) is 0 Å². The molecule has 0 aromatic carbocycles. The van der Waals surface area contributed by atoms with E-state index in [1.807, 2.05) is 12.3 Å². The Morgan fingerprint density at radius 3 is 3.18 bits per heavy atom. The Morgan fingerprint density at radius 1 is 1.41 bits per heavy atom. The van der Waals surface area contributed by atoms with Crippen LogP contribution < -0.4 is 5.32 Å². The molecule has 0 amide bonds. The molecule has 1 fully saturated rings. The highest BCUT2D eigenvalue weighted by Crippen LogP contribution is 2.15. The second kappa shape index (κ2) is 6.82. The lowest BCUT2D eigenvalue weighted by Gasteiger charge is -2.26. The maximum Gasteiger partial charge on any atom is 0.0947 e. The molecule has 1 unspecified atom stereocenters. The minimum absolute atomic E-state index is 0.758. The van der Waals surface area contributed by atoms with Gasteiger partial charge in [-0.05, 0) is 32.4 Å². The van der Waals surface area contributed by atoms with E-state index in [1.165, 1.54) is 44.3 Å². The van der Waals surface area contributed by atoms with Crippen molar-refractivity contribution in [3.63, 3.8) is 0 Å². The van der Waals surface area contributed by atoms with Gasteiger partial charge in [-0.2, -0.15) is 0 Å². The van der Waals surface area contributed by atoms with Crippen LogP contribution in [0.1, 0.15) is 38.2 Å². The fourth-order valence-electron chi connectivity index (χ4n) is 2.52. The molecule has 0 bridgehead atoms. The van der Waals surface area contributed by atoms with Gasteiger partial charge in [0.1, 0.15) is 0 Å². The molecule has 1 aromatic heterocycles. The highest BCUT2D eigenvalue weighted by molar-refractivity contribution is 5.04. The first kappa shape index (κ1) is 12.7. The number of nitrogens with zero attached hydrogens (tertiary/aromatic N) is 1. The predicted molar refractivity (Wildman–Crippen MR) is 69.9 cm³/mol. The van der Waals surface area contributed by atoms with Gasteiger partial charge in [0.15, 0.2) is 0 Å². The monoisotopic (exact) mass is 236 g/mol. The van der Waals surface area contributed by atoms with Crippen molar-refractivity contribution in [3.05, 3.63) is 24.2 Å². The molecule has 2 rings (SSSR count). The molecule has 0 aliphatic carbocycles. The van der Waals surface area contributed by atoms with Crippen LogP contribution in [0.25, 0.3) is 0 Å². The fourth-order valence-corrected chi connectivity index (χ4v) is 2.52. The van der Waals surface area contributed by atoms with E-state index in [-0.39, 0.29) is 0 Å². The smallest absolute Gasteiger partial charge is 0.0947 e. The Kier molecular flexibility index (Phi) is 5.08. The zero-order chi connectivity index (χ0) is 11.9. The van der Waals surface area contributed by atoms with Crippen LogP contribution in [0, 0.1) is 0 Å². The van der Waals surface area contributed by atoms with E-state index in [2.05, 4.69) is 17.1 Å². The van der Waals surface area contributed by atoms with Crippen LogP contribution in [0.15, 0.2) is 23.0 Å². The summed E-state index contributed by atoms with van der Waals surface area (Å²) in [5, 5.41) is 3.47. The van der Waals surface area contributed by atoms with Gasteiger partial charge in [0.05, 0.1) is 12.5 Å². The van der Waals surface area contributed by atoms with Gasteiger partial charge >= 0.3 is 0 Å². The summed E-state index contributed by atoms with van der Waals surface area (Å²) >= 11 is 0. The Bertz CT molecular complexity index is 297. The Morgan fingerprint density at radius 2 is 2.35 bits per heavy atom. The van der Waals surface area contributed by atoms with Crippen LogP contribution in [0.5, 0.6) is 0 Å². The van der Waals surface area contributed by atoms with Crippen molar-refractivity contribution in [2.24, 2.45) is 0 Å². The molecule has 1 N–H and O–H groups in total. The summed E-state index contributed by atoms with van der Waals surface area (Å²) in [5.41, 5.74) is 1.23. The maximum absolute atomic E-state index is 5.04. The third kappa shape index (κ3) is 4.17. The molecule has 2 heterocycles. The van der Waals surface area contributed by atoms with E-state index >= 15 is 0 Å². The lowest BCUT2D eigenvalue weighted by Crippen LogP contribution is -2.37. The topological polar surface area (TPSA) is 28.4 Å². The molecule has 1 saturated heterocycles. The number of furan rings is 1. The van der Waals surface area contributed by atoms with Crippen molar-refractivity contribution in [2.75, 3.05) is 19.6 Å². The summed E-state index contributed by atoms with van der Waals surface area (Å²) in [6, 6.07) is 2.77. The van der Waals surface area contributed by atoms with E-state index in [4.69, 9.17) is 4.42 Å². The minimum atomic E-state index is 0.758. The van der Waals surface area contributed by atoms with Gasteiger partial charge in [-0.15, -0.1) is 0 Å². The lowest BCUT2D eigenvalue weighted by molar-refractivity contribution is 0.214. The molecule has 3 heteroatoms. The number of hydrogen-bond acceptors (Lipinski definition) is 3. The van der Waals surface area contributed by atoms with Gasteiger partial charge in [0, 0.05) is 31.2 Å². The highest BCUT2D eigenvalue weighted by Gasteiger charge is 2.15. The first-order valence-corrected chi connectivity index (χ1v) is 6.82.